The van der Waals surface area contributed by atoms with Crippen LogP contribution >= 0.6 is 11.6 Å². The summed E-state index contributed by atoms with van der Waals surface area (Å²) in [6, 6.07) is 7.50. The van der Waals surface area contributed by atoms with Crippen LogP contribution in [0.4, 0.5) is 5.69 Å². The molecule has 0 amide bonds. The molecule has 1 aliphatic rings. The van der Waals surface area contributed by atoms with Crippen LogP contribution in [0.25, 0.3) is 0 Å². The van der Waals surface area contributed by atoms with Crippen molar-refractivity contribution in [1.29, 1.82) is 0 Å². The molecular formula is C11H11ClN2O. The van der Waals surface area contributed by atoms with Crippen molar-refractivity contribution < 1.29 is 4.79 Å². The topological polar surface area (TPSA) is 32.7 Å². The first kappa shape index (κ1) is 10.2. The molecule has 0 unspecified atom stereocenters. The molecule has 1 aromatic rings. The second-order valence-corrected chi connectivity index (χ2v) is 3.68. The Morgan fingerprint density at radius 3 is 2.80 bits per heavy atom. The van der Waals surface area contributed by atoms with Gasteiger partial charge in [0.05, 0.1) is 12.2 Å². The maximum absolute atomic E-state index is 11.9. The Kier molecular flexibility index (Phi) is 2.73. The Morgan fingerprint density at radius 2 is 2.13 bits per heavy atom. The van der Waals surface area contributed by atoms with Gasteiger partial charge in [0.1, 0.15) is 0 Å². The minimum Gasteiger partial charge on any atom is -0.326 e. The minimum atomic E-state index is -0.0155. The van der Waals surface area contributed by atoms with Gasteiger partial charge in [-0.2, -0.15) is 0 Å². The zero-order chi connectivity index (χ0) is 10.8. The van der Waals surface area contributed by atoms with Crippen LogP contribution in [0.2, 0.25) is 0 Å². The first-order valence-corrected chi connectivity index (χ1v) is 5.27. The lowest BCUT2D eigenvalue weighted by Crippen LogP contribution is -2.26. The number of Topliss-reactive ketones (excluding diaryl/α,β-unsaturated/α-hetero) is 1. The van der Waals surface area contributed by atoms with Crippen LogP contribution in [0.3, 0.4) is 0 Å². The number of anilines is 1. The smallest absolute Gasteiger partial charge is 0.230 e. The Bertz CT molecular complexity index is 428. The monoisotopic (exact) mass is 222 g/mol. The molecule has 1 heterocycles. The highest BCUT2D eigenvalue weighted by Crippen LogP contribution is 2.27. The predicted octanol–water partition coefficient (Wildman–Crippen LogP) is 1.96. The fraction of sp³-hybridized carbons (Fsp3) is 0.273. The van der Waals surface area contributed by atoms with Crippen LogP contribution in [-0.4, -0.2) is 31.1 Å². The SMILES string of the molecule is CN1C(=NCCCl)C(=O)c2ccccc21. The molecule has 0 aliphatic carbocycles. The molecule has 0 fully saturated rings. The van der Waals surface area contributed by atoms with Gasteiger partial charge in [-0.25, -0.2) is 0 Å². The molecule has 2 rings (SSSR count). The van der Waals surface area contributed by atoms with E-state index in [0.29, 0.717) is 23.8 Å². The second-order valence-electron chi connectivity index (χ2n) is 3.30. The summed E-state index contributed by atoms with van der Waals surface area (Å²) in [7, 11) is 1.84. The quantitative estimate of drug-likeness (QED) is 0.717. The number of hydrogen-bond acceptors (Lipinski definition) is 2. The highest BCUT2D eigenvalue weighted by atomic mass is 35.5. The van der Waals surface area contributed by atoms with Crippen LogP contribution < -0.4 is 4.90 Å². The number of likely N-dealkylation sites (N-methyl/N-ethyl adjacent to an activating group) is 1. The van der Waals surface area contributed by atoms with E-state index in [-0.39, 0.29) is 5.78 Å². The summed E-state index contributed by atoms with van der Waals surface area (Å²) in [6.07, 6.45) is 0. The van der Waals surface area contributed by atoms with Crippen molar-refractivity contribution in [2.45, 2.75) is 0 Å². The molecular weight excluding hydrogens is 212 g/mol. The third-order valence-corrected chi connectivity index (χ3v) is 2.55. The van der Waals surface area contributed by atoms with Crippen molar-refractivity contribution in [3.05, 3.63) is 29.8 Å². The minimum absolute atomic E-state index is 0.0155. The fourth-order valence-electron chi connectivity index (χ4n) is 1.67. The highest BCUT2D eigenvalue weighted by molar-refractivity contribution is 6.54. The molecule has 0 saturated heterocycles. The summed E-state index contributed by atoms with van der Waals surface area (Å²) in [6.45, 7) is 0.473. The number of rotatable bonds is 2. The van der Waals surface area contributed by atoms with E-state index in [1.165, 1.54) is 0 Å². The van der Waals surface area contributed by atoms with Gasteiger partial charge >= 0.3 is 0 Å². The zero-order valence-electron chi connectivity index (χ0n) is 8.40. The number of amidine groups is 1. The van der Waals surface area contributed by atoms with Crippen LogP contribution in [0.5, 0.6) is 0 Å². The molecule has 0 saturated carbocycles. The molecule has 1 aliphatic heterocycles. The number of carbonyl (C=O) groups excluding carboxylic acids is 1. The maximum atomic E-state index is 11.9. The largest absolute Gasteiger partial charge is 0.326 e. The van der Waals surface area contributed by atoms with Crippen LogP contribution in [0.1, 0.15) is 10.4 Å². The summed E-state index contributed by atoms with van der Waals surface area (Å²) in [4.78, 5) is 17.9. The number of aliphatic imine (C=N–C) groups is 1. The first-order valence-electron chi connectivity index (χ1n) is 4.73. The summed E-state index contributed by atoms with van der Waals surface area (Å²) < 4.78 is 0. The summed E-state index contributed by atoms with van der Waals surface area (Å²) in [5, 5.41) is 0. The van der Waals surface area contributed by atoms with Crippen molar-refractivity contribution in [3.8, 4) is 0 Å². The molecule has 3 nitrogen and oxygen atoms in total. The number of carbonyl (C=O) groups is 1. The fourth-order valence-corrected chi connectivity index (χ4v) is 1.76. The average Bonchev–Trinajstić information content (AvgIpc) is 2.51. The Balaban J connectivity index is 2.41. The first-order chi connectivity index (χ1) is 7.25. The average molecular weight is 223 g/mol. The van der Waals surface area contributed by atoms with Crippen LogP contribution in [-0.2, 0) is 0 Å². The molecule has 4 heteroatoms. The standard InChI is InChI=1S/C11H11ClN2O/c1-14-9-5-3-2-4-8(9)10(15)11(14)13-7-6-12/h2-5H,6-7H2,1H3. The van der Waals surface area contributed by atoms with E-state index in [1.807, 2.05) is 36.2 Å². The zero-order valence-corrected chi connectivity index (χ0v) is 9.16. The Hall–Kier alpha value is -1.35. The third kappa shape index (κ3) is 1.63. The lowest BCUT2D eigenvalue weighted by atomic mass is 10.1. The van der Waals surface area contributed by atoms with E-state index >= 15 is 0 Å². The Morgan fingerprint density at radius 1 is 1.40 bits per heavy atom. The number of benzene rings is 1. The van der Waals surface area contributed by atoms with Gasteiger partial charge in [-0.1, -0.05) is 12.1 Å². The Labute approximate surface area is 93.4 Å². The molecule has 15 heavy (non-hydrogen) atoms. The van der Waals surface area contributed by atoms with Crippen molar-refractivity contribution >= 4 is 28.9 Å². The lowest BCUT2D eigenvalue weighted by molar-refractivity contribution is 0.106. The van der Waals surface area contributed by atoms with Gasteiger partial charge in [-0.3, -0.25) is 9.79 Å². The van der Waals surface area contributed by atoms with Crippen molar-refractivity contribution in [2.24, 2.45) is 4.99 Å². The van der Waals surface area contributed by atoms with Crippen molar-refractivity contribution in [3.63, 3.8) is 0 Å². The third-order valence-electron chi connectivity index (χ3n) is 2.38. The van der Waals surface area contributed by atoms with Crippen LogP contribution in [0.15, 0.2) is 29.3 Å². The number of hydrogen-bond donors (Lipinski definition) is 0. The molecule has 1 aromatic carbocycles. The summed E-state index contributed by atoms with van der Waals surface area (Å²) in [5.74, 6) is 0.899. The van der Waals surface area contributed by atoms with Gasteiger partial charge < -0.3 is 4.90 Å². The van der Waals surface area contributed by atoms with Gasteiger partial charge in [0.25, 0.3) is 0 Å². The molecule has 0 bridgehead atoms. The van der Waals surface area contributed by atoms with E-state index in [9.17, 15) is 4.79 Å². The molecule has 78 valence electrons. The van der Waals surface area contributed by atoms with Gasteiger partial charge in [0, 0.05) is 18.5 Å². The number of nitrogens with zero attached hydrogens (tertiary/aromatic N) is 2. The van der Waals surface area contributed by atoms with E-state index < -0.39 is 0 Å². The highest BCUT2D eigenvalue weighted by Gasteiger charge is 2.30. The number of para-hydroxylation sites is 1. The molecule has 0 N–H and O–H groups in total. The van der Waals surface area contributed by atoms with Gasteiger partial charge in [-0.15, -0.1) is 11.6 Å². The molecule has 0 spiro atoms. The van der Waals surface area contributed by atoms with Crippen LogP contribution in [0, 0.1) is 0 Å². The summed E-state index contributed by atoms with van der Waals surface area (Å²) >= 11 is 5.55. The second kappa shape index (κ2) is 4.03. The van der Waals surface area contributed by atoms with E-state index in [0.717, 1.165) is 5.69 Å². The molecule has 0 radical (unpaired) electrons. The molecule has 0 atom stereocenters. The van der Waals surface area contributed by atoms with Crippen molar-refractivity contribution in [2.75, 3.05) is 24.4 Å². The van der Waals surface area contributed by atoms with Gasteiger partial charge in [-0.05, 0) is 12.1 Å². The number of ketones is 1. The summed E-state index contributed by atoms with van der Waals surface area (Å²) in [5.41, 5.74) is 1.63. The van der Waals surface area contributed by atoms with Crippen molar-refractivity contribution in [1.82, 2.24) is 0 Å². The van der Waals surface area contributed by atoms with E-state index in [4.69, 9.17) is 11.6 Å². The van der Waals surface area contributed by atoms with E-state index in [2.05, 4.69) is 4.99 Å². The maximum Gasteiger partial charge on any atom is 0.230 e. The molecule has 0 aromatic heterocycles. The van der Waals surface area contributed by atoms with E-state index in [1.54, 1.807) is 0 Å². The predicted molar refractivity (Wildman–Crippen MR) is 62.2 cm³/mol. The number of alkyl halides is 1. The van der Waals surface area contributed by atoms with Gasteiger partial charge in [0.2, 0.25) is 5.78 Å². The lowest BCUT2D eigenvalue weighted by Gasteiger charge is -2.11. The normalized spacial score (nSPS) is 17.3. The number of fused-ring (bicyclic) bond motifs is 1. The number of halogens is 1. The van der Waals surface area contributed by atoms with Gasteiger partial charge in [0.15, 0.2) is 5.84 Å².